The molecule has 2 aliphatic rings. The first-order valence-corrected chi connectivity index (χ1v) is 6.09. The molecular weight excluding hydrogens is 224 g/mol. The summed E-state index contributed by atoms with van der Waals surface area (Å²) in [6.45, 7) is 0. The van der Waals surface area contributed by atoms with Crippen molar-refractivity contribution in [1.82, 2.24) is 4.98 Å². The highest BCUT2D eigenvalue weighted by Gasteiger charge is 2.48. The maximum atomic E-state index is 12.1. The highest BCUT2D eigenvalue weighted by Crippen LogP contribution is 2.37. The predicted octanol–water partition coefficient (Wildman–Crippen LogP) is 1.60. The molecule has 1 fully saturated rings. The molecule has 4 nitrogen and oxygen atoms in total. The topological polar surface area (TPSA) is 50.3 Å². The van der Waals surface area contributed by atoms with Gasteiger partial charge in [-0.1, -0.05) is 12.2 Å². The van der Waals surface area contributed by atoms with Crippen LogP contribution in [0.15, 0.2) is 23.7 Å². The van der Waals surface area contributed by atoms with Crippen LogP contribution in [0.4, 0.5) is 5.13 Å². The number of hydrogen-bond acceptors (Lipinski definition) is 4. The van der Waals surface area contributed by atoms with E-state index in [1.165, 1.54) is 16.2 Å². The predicted molar refractivity (Wildman–Crippen MR) is 60.0 cm³/mol. The van der Waals surface area contributed by atoms with Gasteiger partial charge >= 0.3 is 0 Å². The Bertz CT molecular complexity index is 440. The summed E-state index contributed by atoms with van der Waals surface area (Å²) in [6, 6.07) is 0. The van der Waals surface area contributed by atoms with Crippen molar-refractivity contribution < 1.29 is 9.59 Å². The van der Waals surface area contributed by atoms with Gasteiger partial charge < -0.3 is 0 Å². The highest BCUT2D eigenvalue weighted by atomic mass is 32.1. The third-order valence-corrected chi connectivity index (χ3v) is 3.87. The number of aromatic nitrogens is 1. The third-order valence-electron chi connectivity index (χ3n) is 3.12. The van der Waals surface area contributed by atoms with Crippen LogP contribution in [-0.4, -0.2) is 16.8 Å². The van der Waals surface area contributed by atoms with E-state index >= 15 is 0 Å². The zero-order valence-corrected chi connectivity index (χ0v) is 9.31. The second-order valence-corrected chi connectivity index (χ2v) is 4.86. The van der Waals surface area contributed by atoms with Crippen LogP contribution in [0.1, 0.15) is 12.8 Å². The molecule has 1 aliphatic heterocycles. The fourth-order valence-electron chi connectivity index (χ4n) is 2.32. The second kappa shape index (κ2) is 3.52. The van der Waals surface area contributed by atoms with Gasteiger partial charge in [-0.2, -0.15) is 0 Å². The fraction of sp³-hybridized carbons (Fsp3) is 0.364. The summed E-state index contributed by atoms with van der Waals surface area (Å²) in [5.41, 5.74) is 0. The number of anilines is 1. The number of imide groups is 1. The zero-order valence-electron chi connectivity index (χ0n) is 8.50. The number of rotatable bonds is 1. The normalized spacial score (nSPS) is 28.6. The Hall–Kier alpha value is -1.49. The van der Waals surface area contributed by atoms with E-state index in [4.69, 9.17) is 0 Å². The van der Waals surface area contributed by atoms with Gasteiger partial charge in [0.05, 0.1) is 11.8 Å². The van der Waals surface area contributed by atoms with Crippen molar-refractivity contribution in [3.05, 3.63) is 23.7 Å². The lowest BCUT2D eigenvalue weighted by atomic mass is 9.85. The summed E-state index contributed by atoms with van der Waals surface area (Å²) in [5.74, 6) is -0.508. The Morgan fingerprint density at radius 1 is 1.19 bits per heavy atom. The van der Waals surface area contributed by atoms with Crippen LogP contribution in [-0.2, 0) is 9.59 Å². The first-order valence-electron chi connectivity index (χ1n) is 5.21. The number of carbonyl (C=O) groups excluding carboxylic acids is 2. The molecule has 2 heterocycles. The molecule has 0 spiro atoms. The number of carbonyl (C=O) groups is 2. The van der Waals surface area contributed by atoms with E-state index in [2.05, 4.69) is 4.98 Å². The van der Waals surface area contributed by atoms with E-state index in [0.29, 0.717) is 18.0 Å². The number of fused-ring (bicyclic) bond motifs is 1. The average molecular weight is 234 g/mol. The molecule has 16 heavy (non-hydrogen) atoms. The Balaban J connectivity index is 1.98. The van der Waals surface area contributed by atoms with E-state index in [1.807, 2.05) is 12.2 Å². The van der Waals surface area contributed by atoms with Gasteiger partial charge in [-0.05, 0) is 12.8 Å². The van der Waals surface area contributed by atoms with E-state index in [-0.39, 0.29) is 23.7 Å². The van der Waals surface area contributed by atoms with E-state index in [1.54, 1.807) is 11.6 Å². The number of amides is 2. The molecule has 0 unspecified atom stereocenters. The molecule has 1 aromatic heterocycles. The van der Waals surface area contributed by atoms with Gasteiger partial charge in [0, 0.05) is 11.6 Å². The number of thiazole rings is 1. The monoisotopic (exact) mass is 234 g/mol. The van der Waals surface area contributed by atoms with Crippen LogP contribution in [0, 0.1) is 11.8 Å². The Labute approximate surface area is 96.6 Å². The van der Waals surface area contributed by atoms with Crippen LogP contribution in [0.5, 0.6) is 0 Å². The van der Waals surface area contributed by atoms with Crippen molar-refractivity contribution in [3.8, 4) is 0 Å². The smallest absolute Gasteiger partial charge is 0.239 e. The van der Waals surface area contributed by atoms with Crippen LogP contribution in [0.3, 0.4) is 0 Å². The first kappa shape index (κ1) is 9.72. The molecule has 1 saturated heterocycles. The number of nitrogens with zero attached hydrogens (tertiary/aromatic N) is 2. The van der Waals surface area contributed by atoms with Gasteiger partial charge in [-0.25, -0.2) is 9.88 Å². The van der Waals surface area contributed by atoms with Gasteiger partial charge in [0.2, 0.25) is 11.8 Å². The minimum absolute atomic E-state index is 0.0886. The highest BCUT2D eigenvalue weighted by molar-refractivity contribution is 7.14. The van der Waals surface area contributed by atoms with Crippen molar-refractivity contribution in [2.45, 2.75) is 12.8 Å². The summed E-state index contributed by atoms with van der Waals surface area (Å²) < 4.78 is 0. The fourth-order valence-corrected chi connectivity index (χ4v) is 2.97. The Morgan fingerprint density at radius 2 is 1.81 bits per heavy atom. The van der Waals surface area contributed by atoms with Gasteiger partial charge in [-0.3, -0.25) is 9.59 Å². The number of hydrogen-bond donors (Lipinski definition) is 0. The lowest BCUT2D eigenvalue weighted by Gasteiger charge is -2.14. The molecule has 2 amide bonds. The summed E-state index contributed by atoms with van der Waals surface area (Å²) in [5, 5.41) is 2.28. The molecule has 0 saturated carbocycles. The zero-order chi connectivity index (χ0) is 11.1. The molecule has 82 valence electrons. The summed E-state index contributed by atoms with van der Waals surface area (Å²) in [7, 11) is 0. The Kier molecular flexibility index (Phi) is 2.14. The quantitative estimate of drug-likeness (QED) is 0.548. The minimum atomic E-state index is -0.165. The first-order chi connectivity index (χ1) is 7.79. The van der Waals surface area contributed by atoms with Gasteiger partial charge in [0.15, 0.2) is 5.13 Å². The molecule has 0 N–H and O–H groups in total. The van der Waals surface area contributed by atoms with Crippen molar-refractivity contribution in [3.63, 3.8) is 0 Å². The van der Waals surface area contributed by atoms with E-state index < -0.39 is 0 Å². The van der Waals surface area contributed by atoms with E-state index in [9.17, 15) is 9.59 Å². The summed E-state index contributed by atoms with van der Waals surface area (Å²) in [4.78, 5) is 29.5. The van der Waals surface area contributed by atoms with Gasteiger partial charge in [-0.15, -0.1) is 11.3 Å². The molecular formula is C11H10N2O2S. The molecule has 0 radical (unpaired) electrons. The van der Waals surface area contributed by atoms with E-state index in [0.717, 1.165) is 0 Å². The van der Waals surface area contributed by atoms with Crippen molar-refractivity contribution >= 4 is 28.3 Å². The van der Waals surface area contributed by atoms with Crippen molar-refractivity contribution in [2.24, 2.45) is 11.8 Å². The van der Waals surface area contributed by atoms with Gasteiger partial charge in [0.1, 0.15) is 0 Å². The molecule has 5 heteroatoms. The van der Waals surface area contributed by atoms with Crippen LogP contribution < -0.4 is 4.90 Å². The SMILES string of the molecule is O=C1[C@H]2CC=CC[C@H]2C(=O)N1c1nccs1. The van der Waals surface area contributed by atoms with Gasteiger partial charge in [0.25, 0.3) is 0 Å². The molecule has 3 rings (SSSR count). The largest absolute Gasteiger partial charge is 0.274 e. The third kappa shape index (κ3) is 1.24. The lowest BCUT2D eigenvalue weighted by molar-refractivity contribution is -0.122. The van der Waals surface area contributed by atoms with Crippen LogP contribution >= 0.6 is 11.3 Å². The molecule has 2 atom stereocenters. The second-order valence-electron chi connectivity index (χ2n) is 3.98. The van der Waals surface area contributed by atoms with Crippen LogP contribution in [0.2, 0.25) is 0 Å². The summed E-state index contributed by atoms with van der Waals surface area (Å²) >= 11 is 1.33. The molecule has 1 aromatic rings. The van der Waals surface area contributed by atoms with Crippen molar-refractivity contribution in [2.75, 3.05) is 4.90 Å². The minimum Gasteiger partial charge on any atom is -0.274 e. The summed E-state index contributed by atoms with van der Waals surface area (Å²) in [6.07, 6.45) is 6.93. The average Bonchev–Trinajstić information content (AvgIpc) is 2.89. The molecule has 0 aromatic carbocycles. The maximum absolute atomic E-state index is 12.1. The van der Waals surface area contributed by atoms with Crippen molar-refractivity contribution in [1.29, 1.82) is 0 Å². The number of allylic oxidation sites excluding steroid dienone is 2. The maximum Gasteiger partial charge on any atom is 0.239 e. The molecule has 0 bridgehead atoms. The standard InChI is InChI=1S/C11H10N2O2S/c14-9-7-3-1-2-4-8(7)10(15)13(9)11-12-5-6-16-11/h1-2,5-8H,3-4H2/t7-,8+. The lowest BCUT2D eigenvalue weighted by Crippen LogP contribution is -2.30. The Morgan fingerprint density at radius 3 is 2.31 bits per heavy atom. The molecule has 1 aliphatic carbocycles. The van der Waals surface area contributed by atoms with Crippen LogP contribution in [0.25, 0.3) is 0 Å².